The summed E-state index contributed by atoms with van der Waals surface area (Å²) in [6, 6.07) is 10.7. The Hall–Kier alpha value is -5.62. The highest BCUT2D eigenvalue weighted by Crippen LogP contribution is 2.35. The van der Waals surface area contributed by atoms with Gasteiger partial charge in [-0.3, -0.25) is 19.4 Å². The summed E-state index contributed by atoms with van der Waals surface area (Å²) in [6.07, 6.45) is 3.42. The molecule has 1 aromatic heterocycles. The smallest absolute Gasteiger partial charge is 0.407 e. The number of hydrogen-bond acceptors (Lipinski definition) is 8. The quantitative estimate of drug-likeness (QED) is 0.219. The van der Waals surface area contributed by atoms with E-state index in [-0.39, 0.29) is 48.1 Å². The third kappa shape index (κ3) is 8.28. The Morgan fingerprint density at radius 3 is 2.20 bits per heavy atom. The number of H-pyrrole nitrogens is 1. The maximum absolute atomic E-state index is 13.6. The fourth-order valence-corrected chi connectivity index (χ4v) is 7.62. The van der Waals surface area contributed by atoms with E-state index >= 15 is 0 Å². The van der Waals surface area contributed by atoms with Gasteiger partial charge in [0.25, 0.3) is 0 Å². The van der Waals surface area contributed by atoms with E-state index in [4.69, 9.17) is 19.5 Å². The molecule has 4 atom stereocenters. The highest BCUT2D eigenvalue weighted by Gasteiger charge is 2.40. The summed E-state index contributed by atoms with van der Waals surface area (Å²) in [5.41, 5.74) is 6.12. The van der Waals surface area contributed by atoms with Crippen LogP contribution in [0.15, 0.2) is 41.4 Å². The van der Waals surface area contributed by atoms with Crippen molar-refractivity contribution in [3.8, 4) is 23.7 Å². The van der Waals surface area contributed by atoms with Gasteiger partial charge in [0.15, 0.2) is 0 Å². The molecule has 0 aliphatic carbocycles. The summed E-state index contributed by atoms with van der Waals surface area (Å²) < 4.78 is 9.61. The Kier molecular flexibility index (Phi) is 11.7. The predicted octanol–water partition coefficient (Wildman–Crippen LogP) is 5.47. The van der Waals surface area contributed by atoms with E-state index in [0.29, 0.717) is 19.5 Å². The van der Waals surface area contributed by atoms with Crippen LogP contribution in [-0.2, 0) is 30.3 Å². The number of nitrogens with zero attached hydrogens (tertiary/aromatic N) is 4. The van der Waals surface area contributed by atoms with E-state index in [1.807, 2.05) is 73.9 Å². The van der Waals surface area contributed by atoms with Gasteiger partial charge in [-0.15, -0.1) is 0 Å². The number of ether oxygens (including phenoxy) is 2. The number of aromatic nitrogens is 2. The maximum atomic E-state index is 13.6. The van der Waals surface area contributed by atoms with Crippen LogP contribution in [0.2, 0.25) is 0 Å². The number of alkyl carbamates (subject to hydrolysis) is 1. The Morgan fingerprint density at radius 2 is 1.54 bits per heavy atom. The van der Waals surface area contributed by atoms with Gasteiger partial charge in [0.2, 0.25) is 11.8 Å². The van der Waals surface area contributed by atoms with Crippen molar-refractivity contribution in [1.29, 1.82) is 0 Å². The van der Waals surface area contributed by atoms with E-state index in [2.05, 4.69) is 34.0 Å². The van der Waals surface area contributed by atoms with E-state index in [1.54, 1.807) is 0 Å². The van der Waals surface area contributed by atoms with E-state index in [9.17, 15) is 19.2 Å². The molecular weight excluding hydrogens is 684 g/mol. The van der Waals surface area contributed by atoms with E-state index in [0.717, 1.165) is 70.6 Å². The number of carbonyl (C=O) groups excluding carboxylic acids is 4. The highest BCUT2D eigenvalue weighted by atomic mass is 16.5. The fraction of sp³-hybridized carbons (Fsp3) is 0.476. The molecule has 2 N–H and O–H groups in total. The predicted molar refractivity (Wildman–Crippen MR) is 205 cm³/mol. The van der Waals surface area contributed by atoms with Crippen LogP contribution < -0.4 is 5.32 Å². The molecule has 2 saturated heterocycles. The van der Waals surface area contributed by atoms with Crippen LogP contribution in [0, 0.1) is 41.4 Å². The SMILES string of the molecule is COC(=O)C[C@H](C(=O)N1CCC[C@H]1c1nc2ccc(C#CC#Cc3ccc4c(c3)CC([C@@H]3CCCN3C(=O)[C@H](NC(=O)OC)C(C)C)=N4)cc2[nH]1)C(C)C. The van der Waals surface area contributed by atoms with Gasteiger partial charge in [-0.1, -0.05) is 39.5 Å². The minimum atomic E-state index is -0.673. The Labute approximate surface area is 316 Å². The Morgan fingerprint density at radius 1 is 0.870 bits per heavy atom. The highest BCUT2D eigenvalue weighted by molar-refractivity contribution is 6.01. The second-order valence-corrected chi connectivity index (χ2v) is 14.8. The molecule has 3 amide bonds. The largest absolute Gasteiger partial charge is 0.469 e. The molecular formula is C42H48N6O6. The molecule has 2 fully saturated rings. The Bertz CT molecular complexity index is 2100. The molecule has 3 aliphatic heterocycles. The fourth-order valence-electron chi connectivity index (χ4n) is 7.62. The zero-order chi connectivity index (χ0) is 38.5. The van der Waals surface area contributed by atoms with Crippen molar-refractivity contribution in [3.05, 3.63) is 58.9 Å². The third-order valence-corrected chi connectivity index (χ3v) is 10.6. The lowest BCUT2D eigenvalue weighted by Crippen LogP contribution is -2.53. The zero-order valence-corrected chi connectivity index (χ0v) is 31.8. The lowest BCUT2D eigenvalue weighted by Gasteiger charge is -2.30. The standard InChI is InChI=1S/C42H48N6O6/c1-25(2)30(24-37(49)53-5)40(50)48-20-10-14-36(48)39-44-32-18-16-28(22-33(32)45-39)12-8-7-11-27-15-17-31-29(21-27)23-34(43-31)35-13-9-19-47(35)41(51)38(26(3)4)46-42(52)54-6/h15-18,21-22,25-26,30,35-36,38H,9-10,13-14,19-20,23-24H2,1-6H3,(H,44,45)(H,46,52)/t30-,35-,36-,38+/m0/s1. The summed E-state index contributed by atoms with van der Waals surface area (Å²) in [5.74, 6) is 11.9. The number of fused-ring (bicyclic) bond motifs is 2. The third-order valence-electron chi connectivity index (χ3n) is 10.6. The van der Waals surface area contributed by atoms with Crippen LogP contribution in [0.4, 0.5) is 10.5 Å². The summed E-state index contributed by atoms with van der Waals surface area (Å²) in [5, 5.41) is 2.70. The van der Waals surface area contributed by atoms with Crippen molar-refractivity contribution in [2.45, 2.75) is 84.3 Å². The van der Waals surface area contributed by atoms with Crippen LogP contribution in [0.5, 0.6) is 0 Å². The number of aliphatic imine (C=N–C) groups is 1. The number of aromatic amines is 1. The number of nitrogens with one attached hydrogen (secondary N) is 2. The lowest BCUT2D eigenvalue weighted by atomic mass is 9.91. The van der Waals surface area contributed by atoms with Crippen LogP contribution in [-0.4, -0.2) is 88.7 Å². The van der Waals surface area contributed by atoms with Crippen molar-refractivity contribution >= 4 is 46.3 Å². The average molecular weight is 733 g/mol. The van der Waals surface area contributed by atoms with Crippen molar-refractivity contribution in [1.82, 2.24) is 25.1 Å². The van der Waals surface area contributed by atoms with Crippen LogP contribution in [0.3, 0.4) is 0 Å². The monoisotopic (exact) mass is 732 g/mol. The summed E-state index contributed by atoms with van der Waals surface area (Å²) in [6.45, 7) is 8.96. The first-order chi connectivity index (χ1) is 26.0. The molecule has 6 rings (SSSR count). The number of esters is 1. The van der Waals surface area contributed by atoms with Gasteiger partial charge < -0.3 is 29.6 Å². The number of methoxy groups -OCH3 is 2. The molecule has 3 aliphatic rings. The number of likely N-dealkylation sites (tertiary alicyclic amines) is 2. The molecule has 54 heavy (non-hydrogen) atoms. The molecule has 0 radical (unpaired) electrons. The molecule has 0 bridgehead atoms. The molecule has 0 unspecified atom stereocenters. The van der Waals surface area contributed by atoms with Gasteiger partial charge in [0.1, 0.15) is 11.9 Å². The van der Waals surface area contributed by atoms with Gasteiger partial charge >= 0.3 is 12.1 Å². The summed E-state index contributed by atoms with van der Waals surface area (Å²) in [7, 11) is 2.64. The first kappa shape index (κ1) is 38.1. The summed E-state index contributed by atoms with van der Waals surface area (Å²) >= 11 is 0. The van der Waals surface area contributed by atoms with Gasteiger partial charge in [-0.2, -0.15) is 0 Å². The van der Waals surface area contributed by atoms with E-state index in [1.165, 1.54) is 14.2 Å². The van der Waals surface area contributed by atoms with Crippen molar-refractivity contribution in [2.75, 3.05) is 27.3 Å². The number of hydrogen-bond donors (Lipinski definition) is 2. The average Bonchev–Trinajstić information content (AvgIpc) is 3.98. The normalized spacial score (nSPS) is 18.7. The number of amides is 3. The van der Waals surface area contributed by atoms with Gasteiger partial charge in [0.05, 0.1) is 55.4 Å². The minimum Gasteiger partial charge on any atom is -0.469 e. The molecule has 12 nitrogen and oxygen atoms in total. The van der Waals surface area contributed by atoms with Gasteiger partial charge in [0, 0.05) is 36.3 Å². The lowest BCUT2D eigenvalue weighted by molar-refractivity contribution is -0.148. The first-order valence-electron chi connectivity index (χ1n) is 18.7. The number of carbonyl (C=O) groups is 4. The molecule has 12 heteroatoms. The van der Waals surface area contributed by atoms with Crippen molar-refractivity contribution in [2.24, 2.45) is 22.7 Å². The van der Waals surface area contributed by atoms with E-state index < -0.39 is 18.1 Å². The number of benzene rings is 2. The minimum absolute atomic E-state index is 0.00297. The summed E-state index contributed by atoms with van der Waals surface area (Å²) in [4.78, 5) is 68.0. The molecule has 2 aromatic carbocycles. The maximum Gasteiger partial charge on any atom is 0.407 e. The van der Waals surface area contributed by atoms with Crippen LogP contribution in [0.25, 0.3) is 11.0 Å². The van der Waals surface area contributed by atoms with Crippen molar-refractivity contribution < 1.29 is 28.7 Å². The Balaban J connectivity index is 1.10. The number of rotatable bonds is 9. The molecule has 282 valence electrons. The van der Waals surface area contributed by atoms with Gasteiger partial charge in [-0.05, 0) is 91.3 Å². The van der Waals surface area contributed by atoms with Crippen LogP contribution >= 0.6 is 0 Å². The topological polar surface area (TPSA) is 146 Å². The second kappa shape index (κ2) is 16.6. The van der Waals surface area contributed by atoms with Gasteiger partial charge in [-0.25, -0.2) is 9.78 Å². The molecule has 4 heterocycles. The molecule has 0 saturated carbocycles. The molecule has 0 spiro atoms. The van der Waals surface area contributed by atoms with Crippen LogP contribution in [0.1, 0.15) is 88.4 Å². The number of imidazole rings is 1. The van der Waals surface area contributed by atoms with Crippen molar-refractivity contribution in [3.63, 3.8) is 0 Å². The first-order valence-corrected chi connectivity index (χ1v) is 18.7. The zero-order valence-electron chi connectivity index (χ0n) is 31.8. The second-order valence-electron chi connectivity index (χ2n) is 14.8. The molecule has 3 aromatic rings.